The molecular weight excluding hydrogens is 356 g/mol. The summed E-state index contributed by atoms with van der Waals surface area (Å²) in [7, 11) is 0. The lowest BCUT2D eigenvalue weighted by Gasteiger charge is -2.14. The molecule has 1 amide bonds. The Hall–Kier alpha value is -3.27. The highest BCUT2D eigenvalue weighted by molar-refractivity contribution is 7.78. The van der Waals surface area contributed by atoms with Crippen LogP contribution in [0.25, 0.3) is 11.1 Å². The van der Waals surface area contributed by atoms with Gasteiger partial charge in [0.25, 0.3) is 0 Å². The normalized spacial score (nSPS) is 11.9. The molecule has 3 aromatic carbocycles. The molecule has 0 radical (unpaired) electrons. The number of carbonyl (C=O) groups is 1. The number of fused-ring (bicyclic) bond motifs is 3. The van der Waals surface area contributed by atoms with E-state index in [9.17, 15) is 4.79 Å². The largest absolute Gasteiger partial charge is 0.448 e. The third kappa shape index (κ3) is 3.51. The molecule has 0 bridgehead atoms. The molecule has 27 heavy (non-hydrogen) atoms. The zero-order valence-corrected chi connectivity index (χ0v) is 15.2. The van der Waals surface area contributed by atoms with Gasteiger partial charge in [0.15, 0.2) is 0 Å². The van der Waals surface area contributed by atoms with Crippen LogP contribution in [0.5, 0.6) is 0 Å². The van der Waals surface area contributed by atoms with E-state index in [1.165, 1.54) is 22.3 Å². The van der Waals surface area contributed by atoms with Gasteiger partial charge in [0.2, 0.25) is 0 Å². The van der Waals surface area contributed by atoms with Gasteiger partial charge in [0.1, 0.15) is 6.61 Å². The predicted molar refractivity (Wildman–Crippen MR) is 110 cm³/mol. The Morgan fingerprint density at radius 1 is 0.963 bits per heavy atom. The van der Waals surface area contributed by atoms with Crippen LogP contribution in [0.1, 0.15) is 17.0 Å². The van der Waals surface area contributed by atoms with E-state index >= 15 is 0 Å². The molecule has 0 aromatic heterocycles. The third-order valence-corrected chi connectivity index (χ3v) is 4.72. The van der Waals surface area contributed by atoms with E-state index in [0.29, 0.717) is 11.4 Å². The number of ether oxygens (including phenoxy) is 1. The van der Waals surface area contributed by atoms with Gasteiger partial charge in [0, 0.05) is 11.6 Å². The molecule has 0 unspecified atom stereocenters. The van der Waals surface area contributed by atoms with E-state index in [2.05, 4.69) is 52.0 Å². The number of benzene rings is 3. The van der Waals surface area contributed by atoms with Crippen molar-refractivity contribution in [3.8, 4) is 11.1 Å². The molecule has 1 N–H and O–H groups in total. The molecule has 1 aliphatic rings. The average Bonchev–Trinajstić information content (AvgIpc) is 3.02. The predicted octanol–water partition coefficient (Wildman–Crippen LogP) is 5.78. The average molecular weight is 372 g/mol. The minimum absolute atomic E-state index is 0.0439. The Balaban J connectivity index is 1.45. The number of amides is 1. The summed E-state index contributed by atoms with van der Waals surface area (Å²) in [6.45, 7) is 0.285. The maximum atomic E-state index is 12.2. The number of hydrogen-bond donors (Lipinski definition) is 1. The van der Waals surface area contributed by atoms with Gasteiger partial charge in [-0.05, 0) is 58.7 Å². The Labute approximate surface area is 162 Å². The molecule has 5 heteroatoms. The second-order valence-corrected chi connectivity index (χ2v) is 6.38. The SMILES string of the molecule is O=C(Nc1ccc(N=C=S)cc1)OCC1c2ccccc2-c2ccccc21. The van der Waals surface area contributed by atoms with Gasteiger partial charge in [-0.1, -0.05) is 48.5 Å². The van der Waals surface area contributed by atoms with Gasteiger partial charge < -0.3 is 4.74 Å². The standard InChI is InChI=1S/C22H16N2O2S/c25-22(24-16-11-9-15(10-12-16)23-14-27)26-13-21-19-7-3-1-5-17(19)18-6-2-4-8-20(18)21/h1-12,21H,13H2,(H,24,25). The number of aliphatic imine (C=N–C) groups is 1. The van der Waals surface area contributed by atoms with Crippen molar-refractivity contribution in [1.29, 1.82) is 0 Å². The summed E-state index contributed by atoms with van der Waals surface area (Å²) < 4.78 is 5.52. The summed E-state index contributed by atoms with van der Waals surface area (Å²) in [5.41, 5.74) is 6.11. The molecule has 0 saturated heterocycles. The van der Waals surface area contributed by atoms with E-state index in [-0.39, 0.29) is 12.5 Å². The molecule has 4 rings (SSSR count). The molecule has 4 nitrogen and oxygen atoms in total. The number of nitrogens with zero attached hydrogens (tertiary/aromatic N) is 1. The lowest BCUT2D eigenvalue weighted by molar-refractivity contribution is 0.158. The van der Waals surface area contributed by atoms with Crippen LogP contribution in [0.3, 0.4) is 0 Å². The van der Waals surface area contributed by atoms with Crippen molar-refractivity contribution in [3.63, 3.8) is 0 Å². The van der Waals surface area contributed by atoms with Gasteiger partial charge in [0.05, 0.1) is 10.8 Å². The highest BCUT2D eigenvalue weighted by Crippen LogP contribution is 2.44. The number of anilines is 1. The molecule has 0 heterocycles. The number of carbonyl (C=O) groups excluding carboxylic acids is 1. The zero-order chi connectivity index (χ0) is 18.6. The maximum Gasteiger partial charge on any atom is 0.411 e. The number of isothiocyanates is 1. The van der Waals surface area contributed by atoms with Gasteiger partial charge >= 0.3 is 6.09 Å². The topological polar surface area (TPSA) is 50.7 Å². The Morgan fingerprint density at radius 3 is 2.15 bits per heavy atom. The summed E-state index contributed by atoms with van der Waals surface area (Å²) in [6.07, 6.45) is -0.483. The molecule has 0 aliphatic heterocycles. The summed E-state index contributed by atoms with van der Waals surface area (Å²) in [6, 6.07) is 23.5. The van der Waals surface area contributed by atoms with E-state index in [1.54, 1.807) is 24.3 Å². The van der Waals surface area contributed by atoms with Crippen LogP contribution in [0.2, 0.25) is 0 Å². The Kier molecular flexibility index (Phi) is 4.79. The van der Waals surface area contributed by atoms with Crippen LogP contribution in [0.15, 0.2) is 77.8 Å². The van der Waals surface area contributed by atoms with Gasteiger partial charge in [-0.15, -0.1) is 0 Å². The molecule has 1 aliphatic carbocycles. The van der Waals surface area contributed by atoms with Crippen molar-refractivity contribution in [1.82, 2.24) is 0 Å². The van der Waals surface area contributed by atoms with E-state index in [4.69, 9.17) is 4.74 Å². The first-order valence-corrected chi connectivity index (χ1v) is 8.97. The van der Waals surface area contributed by atoms with E-state index in [0.717, 1.165) is 0 Å². The fraction of sp³-hybridized carbons (Fsp3) is 0.0909. The summed E-state index contributed by atoms with van der Waals surface area (Å²) >= 11 is 4.57. The van der Waals surface area contributed by atoms with Gasteiger partial charge in [-0.3, -0.25) is 5.32 Å². The number of nitrogens with one attached hydrogen (secondary N) is 1. The lowest BCUT2D eigenvalue weighted by Crippen LogP contribution is -2.17. The number of rotatable bonds is 4. The molecule has 0 atom stereocenters. The first kappa shape index (κ1) is 17.2. The van der Waals surface area contributed by atoms with Crippen LogP contribution in [-0.4, -0.2) is 17.9 Å². The highest BCUT2D eigenvalue weighted by atomic mass is 32.1. The maximum absolute atomic E-state index is 12.2. The molecule has 0 fully saturated rings. The summed E-state index contributed by atoms with van der Waals surface area (Å²) in [4.78, 5) is 16.1. The van der Waals surface area contributed by atoms with Crippen molar-refractivity contribution in [2.24, 2.45) is 4.99 Å². The van der Waals surface area contributed by atoms with Gasteiger partial charge in [-0.2, -0.15) is 4.99 Å². The first-order chi connectivity index (χ1) is 13.3. The second kappa shape index (κ2) is 7.54. The molecule has 0 saturated carbocycles. The summed E-state index contributed by atoms with van der Waals surface area (Å²) in [5, 5.41) is 5.04. The Bertz CT molecular complexity index is 995. The van der Waals surface area contributed by atoms with Crippen LogP contribution >= 0.6 is 12.2 Å². The van der Waals surface area contributed by atoms with Crippen LogP contribution < -0.4 is 5.32 Å². The van der Waals surface area contributed by atoms with Gasteiger partial charge in [-0.25, -0.2) is 4.79 Å². The van der Waals surface area contributed by atoms with Crippen molar-refractivity contribution < 1.29 is 9.53 Å². The van der Waals surface area contributed by atoms with E-state index < -0.39 is 6.09 Å². The minimum Gasteiger partial charge on any atom is -0.448 e. The van der Waals surface area contributed by atoms with E-state index in [1.807, 2.05) is 24.3 Å². The molecule has 0 spiro atoms. The van der Waals surface area contributed by atoms with Crippen LogP contribution in [-0.2, 0) is 4.74 Å². The van der Waals surface area contributed by atoms with Crippen molar-refractivity contribution in [2.45, 2.75) is 5.92 Å². The summed E-state index contributed by atoms with van der Waals surface area (Å²) in [5.74, 6) is 0.0439. The van der Waals surface area contributed by atoms with Crippen molar-refractivity contribution >= 4 is 34.8 Å². The third-order valence-electron chi connectivity index (χ3n) is 4.63. The Morgan fingerprint density at radius 2 is 1.56 bits per heavy atom. The molecule has 3 aromatic rings. The van der Waals surface area contributed by atoms with Crippen molar-refractivity contribution in [3.05, 3.63) is 83.9 Å². The smallest absolute Gasteiger partial charge is 0.411 e. The minimum atomic E-state index is -0.483. The second-order valence-electron chi connectivity index (χ2n) is 6.20. The fourth-order valence-corrected chi connectivity index (χ4v) is 3.53. The monoisotopic (exact) mass is 372 g/mol. The molecule has 132 valence electrons. The number of hydrogen-bond acceptors (Lipinski definition) is 4. The fourth-order valence-electron chi connectivity index (χ4n) is 3.42. The lowest BCUT2D eigenvalue weighted by atomic mass is 9.98. The van der Waals surface area contributed by atoms with Crippen LogP contribution in [0.4, 0.5) is 16.2 Å². The number of thiocarbonyl (C=S) groups is 1. The zero-order valence-electron chi connectivity index (χ0n) is 14.4. The molecular formula is C22H16N2O2S. The quantitative estimate of drug-likeness (QED) is 0.466. The van der Waals surface area contributed by atoms with Crippen molar-refractivity contribution in [2.75, 3.05) is 11.9 Å². The first-order valence-electron chi connectivity index (χ1n) is 8.56. The van der Waals surface area contributed by atoms with Crippen LogP contribution in [0, 0.1) is 0 Å². The highest BCUT2D eigenvalue weighted by Gasteiger charge is 2.28.